The summed E-state index contributed by atoms with van der Waals surface area (Å²) in [5.41, 5.74) is 3.38. The number of ether oxygens (including phenoxy) is 1. The predicted octanol–water partition coefficient (Wildman–Crippen LogP) is 5.55. The van der Waals surface area contributed by atoms with Gasteiger partial charge in [-0.2, -0.15) is 13.2 Å². The van der Waals surface area contributed by atoms with Crippen molar-refractivity contribution >= 4 is 12.1 Å². The number of nitrogens with one attached hydrogen (secondary N) is 1. The van der Waals surface area contributed by atoms with E-state index in [1.807, 2.05) is 48.5 Å². The summed E-state index contributed by atoms with van der Waals surface area (Å²) in [4.78, 5) is 24.2. The van der Waals surface area contributed by atoms with Gasteiger partial charge in [-0.05, 0) is 46.4 Å². The Bertz CT molecular complexity index is 1190. The van der Waals surface area contributed by atoms with Gasteiger partial charge < -0.3 is 15.2 Å². The van der Waals surface area contributed by atoms with Crippen molar-refractivity contribution in [2.75, 3.05) is 6.61 Å². The third-order valence-electron chi connectivity index (χ3n) is 6.11. The molecule has 0 aliphatic heterocycles. The summed E-state index contributed by atoms with van der Waals surface area (Å²) in [5.74, 6) is -1.57. The molecule has 0 saturated heterocycles. The lowest BCUT2D eigenvalue weighted by molar-refractivity contribution is -0.139. The van der Waals surface area contributed by atoms with Crippen LogP contribution in [0, 0.1) is 6.92 Å². The molecule has 0 saturated carbocycles. The molecule has 1 aliphatic carbocycles. The lowest BCUT2D eigenvalue weighted by atomic mass is 9.96. The maximum atomic E-state index is 13.2. The van der Waals surface area contributed by atoms with Crippen molar-refractivity contribution in [3.05, 3.63) is 94.5 Å². The minimum absolute atomic E-state index is 0.00517. The second-order valence-corrected chi connectivity index (χ2v) is 8.15. The van der Waals surface area contributed by atoms with E-state index in [4.69, 9.17) is 4.74 Å². The number of alkyl halides is 3. The summed E-state index contributed by atoms with van der Waals surface area (Å²) in [6.45, 7) is 1.28. The normalized spacial score (nSPS) is 13.6. The van der Waals surface area contributed by atoms with Crippen molar-refractivity contribution in [1.29, 1.82) is 0 Å². The third-order valence-corrected chi connectivity index (χ3v) is 6.11. The minimum Gasteiger partial charge on any atom is -0.480 e. The summed E-state index contributed by atoms with van der Waals surface area (Å²) >= 11 is 0. The number of hydrogen-bond acceptors (Lipinski definition) is 3. The molecule has 0 radical (unpaired) electrons. The molecule has 3 aromatic carbocycles. The highest BCUT2D eigenvalue weighted by Crippen LogP contribution is 2.44. The number of hydrogen-bond donors (Lipinski definition) is 2. The number of fused-ring (bicyclic) bond motifs is 3. The standard InChI is InChI=1S/C26H22F3NO4/c1-15-16(7-6-12-22(15)26(27,28)29)13-23(24(31)32)30-25(33)34-14-21-19-10-4-2-8-17(19)18-9-3-5-11-20(18)21/h2-12,21,23H,13-14H2,1H3,(H,30,33)(H,31,32). The number of alkyl carbamates (subject to hydrolysis) is 1. The zero-order chi connectivity index (χ0) is 24.5. The van der Waals surface area contributed by atoms with Gasteiger partial charge in [0.15, 0.2) is 0 Å². The van der Waals surface area contributed by atoms with Crippen LogP contribution in [-0.2, 0) is 22.1 Å². The fourth-order valence-electron chi connectivity index (χ4n) is 4.41. The first kappa shape index (κ1) is 23.4. The number of carbonyl (C=O) groups is 2. The van der Waals surface area contributed by atoms with E-state index in [1.165, 1.54) is 19.1 Å². The van der Waals surface area contributed by atoms with Crippen LogP contribution >= 0.6 is 0 Å². The summed E-state index contributed by atoms with van der Waals surface area (Å²) in [7, 11) is 0. The fourth-order valence-corrected chi connectivity index (χ4v) is 4.41. The molecule has 0 fully saturated rings. The van der Waals surface area contributed by atoms with Gasteiger partial charge in [0.1, 0.15) is 12.6 Å². The van der Waals surface area contributed by atoms with E-state index >= 15 is 0 Å². The lowest BCUT2D eigenvalue weighted by Gasteiger charge is -2.19. The summed E-state index contributed by atoms with van der Waals surface area (Å²) in [5, 5.41) is 11.8. The molecule has 1 amide bonds. The Balaban J connectivity index is 1.46. The number of carboxylic acid groups (broad SMARTS) is 1. The molecule has 3 aromatic rings. The number of carboxylic acids is 1. The van der Waals surface area contributed by atoms with Gasteiger partial charge in [-0.15, -0.1) is 0 Å². The quantitative estimate of drug-likeness (QED) is 0.497. The molecule has 0 spiro atoms. The summed E-state index contributed by atoms with van der Waals surface area (Å²) < 4.78 is 44.9. The molecule has 1 aliphatic rings. The third kappa shape index (κ3) is 4.62. The largest absolute Gasteiger partial charge is 0.480 e. The lowest BCUT2D eigenvalue weighted by Crippen LogP contribution is -2.43. The Morgan fingerprint density at radius 1 is 0.971 bits per heavy atom. The minimum atomic E-state index is -4.56. The zero-order valence-corrected chi connectivity index (χ0v) is 18.2. The zero-order valence-electron chi connectivity index (χ0n) is 18.2. The molecule has 1 atom stereocenters. The summed E-state index contributed by atoms with van der Waals surface area (Å²) in [6.07, 6.45) is -5.81. The van der Waals surface area contributed by atoms with Gasteiger partial charge in [0.2, 0.25) is 0 Å². The predicted molar refractivity (Wildman–Crippen MR) is 120 cm³/mol. The van der Waals surface area contributed by atoms with Crippen molar-refractivity contribution in [3.63, 3.8) is 0 Å². The van der Waals surface area contributed by atoms with Crippen LogP contribution in [-0.4, -0.2) is 29.8 Å². The van der Waals surface area contributed by atoms with E-state index in [2.05, 4.69) is 5.32 Å². The fraction of sp³-hybridized carbons (Fsp3) is 0.231. The first-order chi connectivity index (χ1) is 16.2. The highest BCUT2D eigenvalue weighted by Gasteiger charge is 2.34. The summed E-state index contributed by atoms with van der Waals surface area (Å²) in [6, 6.07) is 17.7. The maximum absolute atomic E-state index is 13.2. The van der Waals surface area contributed by atoms with Crippen molar-refractivity contribution in [2.45, 2.75) is 31.5 Å². The molecular weight excluding hydrogens is 447 g/mol. The van der Waals surface area contributed by atoms with E-state index < -0.39 is 29.8 Å². The molecule has 34 heavy (non-hydrogen) atoms. The van der Waals surface area contributed by atoms with Gasteiger partial charge in [-0.3, -0.25) is 0 Å². The van der Waals surface area contributed by atoms with Gasteiger partial charge >= 0.3 is 18.2 Å². The van der Waals surface area contributed by atoms with Crippen LogP contribution in [0.2, 0.25) is 0 Å². The Kier molecular flexibility index (Phi) is 6.32. The van der Waals surface area contributed by atoms with Crippen molar-refractivity contribution < 1.29 is 32.6 Å². The van der Waals surface area contributed by atoms with Crippen LogP contribution < -0.4 is 5.32 Å². The monoisotopic (exact) mass is 469 g/mol. The highest BCUT2D eigenvalue weighted by molar-refractivity contribution is 5.81. The van der Waals surface area contributed by atoms with E-state index in [0.717, 1.165) is 28.3 Å². The van der Waals surface area contributed by atoms with Crippen LogP contribution in [0.25, 0.3) is 11.1 Å². The van der Waals surface area contributed by atoms with Crippen LogP contribution in [0.15, 0.2) is 66.7 Å². The molecule has 5 nitrogen and oxygen atoms in total. The average molecular weight is 469 g/mol. The highest BCUT2D eigenvalue weighted by atomic mass is 19.4. The Hall–Kier alpha value is -3.81. The van der Waals surface area contributed by atoms with Crippen LogP contribution in [0.4, 0.5) is 18.0 Å². The Labute approximate surface area is 194 Å². The Morgan fingerprint density at radius 2 is 1.56 bits per heavy atom. The van der Waals surface area contributed by atoms with E-state index in [1.54, 1.807) is 0 Å². The molecule has 2 N–H and O–H groups in total. The molecule has 0 bridgehead atoms. The van der Waals surface area contributed by atoms with E-state index in [0.29, 0.717) is 0 Å². The molecule has 176 valence electrons. The Morgan fingerprint density at radius 3 is 2.12 bits per heavy atom. The number of amides is 1. The van der Waals surface area contributed by atoms with Crippen molar-refractivity contribution in [3.8, 4) is 11.1 Å². The molecular formula is C26H22F3NO4. The first-order valence-electron chi connectivity index (χ1n) is 10.7. The molecule has 1 unspecified atom stereocenters. The van der Waals surface area contributed by atoms with Gasteiger partial charge in [-0.25, -0.2) is 9.59 Å². The smallest absolute Gasteiger partial charge is 0.416 e. The number of halogens is 3. The van der Waals surface area contributed by atoms with E-state index in [9.17, 15) is 27.9 Å². The molecule has 8 heteroatoms. The van der Waals surface area contributed by atoms with Crippen LogP contribution in [0.5, 0.6) is 0 Å². The average Bonchev–Trinajstić information content (AvgIpc) is 3.11. The topological polar surface area (TPSA) is 75.6 Å². The van der Waals surface area contributed by atoms with Crippen molar-refractivity contribution in [1.82, 2.24) is 5.32 Å². The molecule has 4 rings (SSSR count). The maximum Gasteiger partial charge on any atom is 0.416 e. The van der Waals surface area contributed by atoms with Crippen LogP contribution in [0.3, 0.4) is 0 Å². The molecule has 0 aromatic heterocycles. The van der Waals surface area contributed by atoms with Crippen LogP contribution in [0.1, 0.15) is 33.7 Å². The number of rotatable bonds is 6. The first-order valence-corrected chi connectivity index (χ1v) is 10.7. The van der Waals surface area contributed by atoms with Gasteiger partial charge in [-0.1, -0.05) is 60.7 Å². The SMILES string of the molecule is Cc1c(CC(NC(=O)OCC2c3ccccc3-c3ccccc32)C(=O)O)cccc1C(F)(F)F. The molecule has 0 heterocycles. The van der Waals surface area contributed by atoms with Gasteiger partial charge in [0.05, 0.1) is 5.56 Å². The van der Waals surface area contributed by atoms with Crippen molar-refractivity contribution in [2.24, 2.45) is 0 Å². The van der Waals surface area contributed by atoms with Gasteiger partial charge in [0.25, 0.3) is 0 Å². The van der Waals surface area contributed by atoms with Gasteiger partial charge in [0, 0.05) is 12.3 Å². The number of benzene rings is 3. The van der Waals surface area contributed by atoms with E-state index in [-0.39, 0.29) is 30.1 Å². The number of aliphatic carboxylic acids is 1. The second-order valence-electron chi connectivity index (χ2n) is 8.15. The number of carbonyl (C=O) groups excluding carboxylic acids is 1. The second kappa shape index (κ2) is 9.21.